The first-order chi connectivity index (χ1) is 12.4. The number of amides is 2. The number of aryl methyl sites for hydroxylation is 1. The van der Waals surface area contributed by atoms with Crippen LogP contribution < -0.4 is 0 Å². The van der Waals surface area contributed by atoms with Crippen molar-refractivity contribution in [3.63, 3.8) is 0 Å². The van der Waals surface area contributed by atoms with Gasteiger partial charge >= 0.3 is 0 Å². The predicted molar refractivity (Wildman–Crippen MR) is 97.9 cm³/mol. The van der Waals surface area contributed by atoms with Crippen LogP contribution in [0.3, 0.4) is 0 Å². The Balaban J connectivity index is 1.32. The van der Waals surface area contributed by atoms with Crippen molar-refractivity contribution >= 4 is 23.4 Å². The van der Waals surface area contributed by atoms with E-state index in [-0.39, 0.29) is 17.2 Å². The van der Waals surface area contributed by atoms with Crippen molar-refractivity contribution in [1.82, 2.24) is 19.4 Å². The van der Waals surface area contributed by atoms with Gasteiger partial charge in [-0.1, -0.05) is 23.7 Å². The van der Waals surface area contributed by atoms with Gasteiger partial charge in [0.1, 0.15) is 5.69 Å². The summed E-state index contributed by atoms with van der Waals surface area (Å²) < 4.78 is 1.77. The molecule has 6 nitrogen and oxygen atoms in total. The van der Waals surface area contributed by atoms with Gasteiger partial charge in [0.25, 0.3) is 5.91 Å². The Morgan fingerprint density at radius 3 is 2.50 bits per heavy atom. The number of carbonyl (C=O) groups is 2. The van der Waals surface area contributed by atoms with Gasteiger partial charge in [-0.3, -0.25) is 9.59 Å². The Morgan fingerprint density at radius 1 is 1.15 bits per heavy atom. The monoisotopic (exact) mass is 372 g/mol. The molecule has 0 unspecified atom stereocenters. The van der Waals surface area contributed by atoms with E-state index in [1.807, 2.05) is 41.1 Å². The zero-order chi connectivity index (χ0) is 18.3. The molecule has 2 aliphatic rings. The summed E-state index contributed by atoms with van der Waals surface area (Å²) in [5.74, 6) is 0.112. The number of imidazole rings is 1. The third kappa shape index (κ3) is 3.21. The number of hydrogen-bond acceptors (Lipinski definition) is 3. The minimum Gasteiger partial charge on any atom is -0.342 e. The number of hydrogen-bond donors (Lipinski definition) is 0. The average molecular weight is 373 g/mol. The SMILES string of the molecule is Cn1cnc(C(=O)N2CC3(CCN(C(=O)Cc4ccc(Cl)cc4)C3)C2)c1. The van der Waals surface area contributed by atoms with E-state index in [2.05, 4.69) is 4.98 Å². The zero-order valence-corrected chi connectivity index (χ0v) is 15.4. The molecular formula is C19H21ClN4O2. The number of benzene rings is 1. The summed E-state index contributed by atoms with van der Waals surface area (Å²) in [5, 5.41) is 0.674. The maximum absolute atomic E-state index is 12.6. The molecule has 0 N–H and O–H groups in total. The van der Waals surface area contributed by atoms with Crippen molar-refractivity contribution < 1.29 is 9.59 Å². The lowest BCUT2D eigenvalue weighted by Gasteiger charge is -2.47. The molecule has 2 saturated heterocycles. The summed E-state index contributed by atoms with van der Waals surface area (Å²) in [6, 6.07) is 7.40. The van der Waals surface area contributed by atoms with Gasteiger partial charge in [0.15, 0.2) is 0 Å². The number of likely N-dealkylation sites (tertiary alicyclic amines) is 2. The van der Waals surface area contributed by atoms with Crippen molar-refractivity contribution in [2.45, 2.75) is 12.8 Å². The van der Waals surface area contributed by atoms with Gasteiger partial charge < -0.3 is 14.4 Å². The van der Waals surface area contributed by atoms with E-state index in [9.17, 15) is 9.59 Å². The first kappa shape index (κ1) is 17.1. The maximum Gasteiger partial charge on any atom is 0.274 e. The molecule has 1 aromatic carbocycles. The van der Waals surface area contributed by atoms with E-state index >= 15 is 0 Å². The lowest BCUT2D eigenvalue weighted by atomic mass is 9.79. The van der Waals surface area contributed by atoms with Crippen LogP contribution in [0.25, 0.3) is 0 Å². The largest absolute Gasteiger partial charge is 0.342 e. The number of rotatable bonds is 3. The fourth-order valence-corrected chi connectivity index (χ4v) is 4.01. The van der Waals surface area contributed by atoms with Gasteiger partial charge in [-0.25, -0.2) is 4.98 Å². The molecule has 0 radical (unpaired) electrons. The van der Waals surface area contributed by atoms with Gasteiger partial charge in [-0.2, -0.15) is 0 Å². The quantitative estimate of drug-likeness (QED) is 0.828. The van der Waals surface area contributed by atoms with Gasteiger partial charge in [0, 0.05) is 49.9 Å². The van der Waals surface area contributed by atoms with Crippen molar-refractivity contribution in [3.8, 4) is 0 Å². The van der Waals surface area contributed by atoms with Gasteiger partial charge in [0.05, 0.1) is 12.7 Å². The number of nitrogens with zero attached hydrogens (tertiary/aromatic N) is 4. The molecular weight excluding hydrogens is 352 g/mol. The number of carbonyl (C=O) groups excluding carboxylic acids is 2. The standard InChI is InChI=1S/C19H21ClN4O2/c1-22-9-16(21-13-22)18(26)24-11-19(12-24)6-7-23(10-19)17(25)8-14-2-4-15(20)5-3-14/h2-5,9,13H,6-8,10-12H2,1H3. The summed E-state index contributed by atoms with van der Waals surface area (Å²) in [4.78, 5) is 32.9. The molecule has 1 aromatic heterocycles. The normalized spacial score (nSPS) is 18.2. The third-order valence-corrected chi connectivity index (χ3v) is 5.58. The van der Waals surface area contributed by atoms with Crippen LogP contribution in [0.4, 0.5) is 0 Å². The minimum atomic E-state index is -0.0258. The Bertz CT molecular complexity index is 839. The van der Waals surface area contributed by atoms with Crippen LogP contribution in [0.15, 0.2) is 36.8 Å². The fourth-order valence-electron chi connectivity index (χ4n) is 3.89. The molecule has 136 valence electrons. The summed E-state index contributed by atoms with van der Waals surface area (Å²) in [5.41, 5.74) is 1.51. The molecule has 2 amide bonds. The summed E-state index contributed by atoms with van der Waals surface area (Å²) in [7, 11) is 1.85. The van der Waals surface area contributed by atoms with Crippen LogP contribution >= 0.6 is 11.6 Å². The van der Waals surface area contributed by atoms with Crippen LogP contribution in [-0.4, -0.2) is 57.3 Å². The molecule has 1 spiro atoms. The number of aromatic nitrogens is 2. The van der Waals surface area contributed by atoms with Crippen LogP contribution in [0.2, 0.25) is 5.02 Å². The first-order valence-electron chi connectivity index (χ1n) is 8.74. The molecule has 4 rings (SSSR count). The number of halogens is 1. The second-order valence-corrected chi connectivity index (χ2v) is 7.89. The molecule has 2 aromatic rings. The fraction of sp³-hybridized carbons (Fsp3) is 0.421. The lowest BCUT2D eigenvalue weighted by molar-refractivity contribution is -0.130. The minimum absolute atomic E-state index is 0.0258. The Labute approximate surface area is 157 Å². The van der Waals surface area contributed by atoms with Gasteiger partial charge in [-0.15, -0.1) is 0 Å². The topological polar surface area (TPSA) is 58.4 Å². The van der Waals surface area contributed by atoms with Crippen molar-refractivity contribution in [2.24, 2.45) is 12.5 Å². The molecule has 7 heteroatoms. The molecule has 0 atom stereocenters. The molecule has 0 saturated carbocycles. The molecule has 2 aliphatic heterocycles. The van der Waals surface area contributed by atoms with Crippen LogP contribution in [0, 0.1) is 5.41 Å². The van der Waals surface area contributed by atoms with Crippen molar-refractivity contribution in [3.05, 3.63) is 53.1 Å². The summed E-state index contributed by atoms with van der Waals surface area (Å²) >= 11 is 5.89. The maximum atomic E-state index is 12.6. The zero-order valence-electron chi connectivity index (χ0n) is 14.7. The summed E-state index contributed by atoms with van der Waals surface area (Å²) in [6.45, 7) is 2.89. The van der Waals surface area contributed by atoms with E-state index in [1.54, 1.807) is 17.1 Å². The highest BCUT2D eigenvalue weighted by Gasteiger charge is 2.50. The predicted octanol–water partition coefficient (Wildman–Crippen LogP) is 1.99. The second kappa shape index (κ2) is 6.43. The Hall–Kier alpha value is -2.34. The Kier molecular flexibility index (Phi) is 4.23. The highest BCUT2D eigenvalue weighted by molar-refractivity contribution is 6.30. The Morgan fingerprint density at radius 2 is 1.85 bits per heavy atom. The van der Waals surface area contributed by atoms with E-state index in [4.69, 9.17) is 11.6 Å². The van der Waals surface area contributed by atoms with E-state index in [0.29, 0.717) is 30.2 Å². The second-order valence-electron chi connectivity index (χ2n) is 7.45. The van der Waals surface area contributed by atoms with E-state index in [1.165, 1.54) is 0 Å². The van der Waals surface area contributed by atoms with Crippen molar-refractivity contribution in [2.75, 3.05) is 26.2 Å². The van der Waals surface area contributed by atoms with Crippen molar-refractivity contribution in [1.29, 1.82) is 0 Å². The average Bonchev–Trinajstić information content (AvgIpc) is 3.22. The first-order valence-corrected chi connectivity index (χ1v) is 9.11. The van der Waals surface area contributed by atoms with Crippen LogP contribution in [-0.2, 0) is 18.3 Å². The molecule has 0 bridgehead atoms. The lowest BCUT2D eigenvalue weighted by Crippen LogP contribution is -2.59. The smallest absolute Gasteiger partial charge is 0.274 e. The van der Waals surface area contributed by atoms with Gasteiger partial charge in [-0.05, 0) is 24.1 Å². The molecule has 26 heavy (non-hydrogen) atoms. The molecule has 3 heterocycles. The van der Waals surface area contributed by atoms with E-state index in [0.717, 1.165) is 25.1 Å². The van der Waals surface area contributed by atoms with Gasteiger partial charge in [0.2, 0.25) is 5.91 Å². The van der Waals surface area contributed by atoms with Crippen LogP contribution in [0.1, 0.15) is 22.5 Å². The third-order valence-electron chi connectivity index (χ3n) is 5.32. The molecule has 2 fully saturated rings. The highest BCUT2D eigenvalue weighted by Crippen LogP contribution is 2.40. The molecule has 0 aliphatic carbocycles. The van der Waals surface area contributed by atoms with E-state index < -0.39 is 0 Å². The highest BCUT2D eigenvalue weighted by atomic mass is 35.5. The summed E-state index contributed by atoms with van der Waals surface area (Å²) in [6.07, 6.45) is 4.72. The van der Waals surface area contributed by atoms with Crippen LogP contribution in [0.5, 0.6) is 0 Å².